The van der Waals surface area contributed by atoms with Crippen molar-refractivity contribution in [2.75, 3.05) is 6.61 Å². The van der Waals surface area contributed by atoms with Gasteiger partial charge in [-0.1, -0.05) is 12.1 Å². The van der Waals surface area contributed by atoms with Crippen molar-refractivity contribution in [3.05, 3.63) is 29.3 Å². The summed E-state index contributed by atoms with van der Waals surface area (Å²) in [5.41, 5.74) is 8.06. The summed E-state index contributed by atoms with van der Waals surface area (Å²) in [5.74, 6) is 0.956. The minimum atomic E-state index is -0.175. The third-order valence-corrected chi connectivity index (χ3v) is 2.45. The maximum absolute atomic E-state index is 8.54. The molecule has 0 aliphatic carbocycles. The van der Waals surface area contributed by atoms with Crippen molar-refractivity contribution in [3.63, 3.8) is 0 Å². The quantitative estimate of drug-likeness (QED) is 0.765. The number of ether oxygens (including phenoxy) is 1. The Labute approximate surface area is 83.1 Å². The van der Waals surface area contributed by atoms with E-state index in [1.54, 1.807) is 0 Å². The van der Waals surface area contributed by atoms with E-state index in [9.17, 15) is 0 Å². The van der Waals surface area contributed by atoms with Crippen LogP contribution < -0.4 is 10.5 Å². The van der Waals surface area contributed by atoms with Crippen molar-refractivity contribution in [1.29, 1.82) is 5.26 Å². The number of nitriles is 1. The topological polar surface area (TPSA) is 59.0 Å². The van der Waals surface area contributed by atoms with Gasteiger partial charge in [0, 0.05) is 12.5 Å². The lowest BCUT2D eigenvalue weighted by molar-refractivity contribution is 0.357. The van der Waals surface area contributed by atoms with E-state index in [-0.39, 0.29) is 6.04 Å². The van der Waals surface area contributed by atoms with E-state index in [2.05, 4.69) is 6.07 Å². The predicted molar refractivity (Wildman–Crippen MR) is 52.8 cm³/mol. The highest BCUT2D eigenvalue weighted by Gasteiger charge is 2.14. The van der Waals surface area contributed by atoms with E-state index in [4.69, 9.17) is 15.7 Å². The van der Waals surface area contributed by atoms with Crippen LogP contribution in [0.15, 0.2) is 18.2 Å². The number of hydrogen-bond acceptors (Lipinski definition) is 3. The predicted octanol–water partition coefficient (Wildman–Crippen LogP) is 1.53. The second-order valence-corrected chi connectivity index (χ2v) is 3.43. The van der Waals surface area contributed by atoms with Crippen molar-refractivity contribution in [2.45, 2.75) is 18.9 Å². The monoisotopic (exact) mass is 188 g/mol. The molecule has 0 unspecified atom stereocenters. The largest absolute Gasteiger partial charge is 0.493 e. The van der Waals surface area contributed by atoms with E-state index in [1.807, 2.05) is 18.2 Å². The molecular formula is C11H12N2O. The van der Waals surface area contributed by atoms with Gasteiger partial charge in [0.05, 0.1) is 19.1 Å². The molecule has 0 spiro atoms. The zero-order valence-corrected chi connectivity index (χ0v) is 7.86. The van der Waals surface area contributed by atoms with E-state index in [0.29, 0.717) is 6.42 Å². The van der Waals surface area contributed by atoms with Crippen LogP contribution in [0.2, 0.25) is 0 Å². The summed E-state index contributed by atoms with van der Waals surface area (Å²) in [5, 5.41) is 8.54. The molecule has 1 heterocycles. The molecule has 3 nitrogen and oxygen atoms in total. The summed E-state index contributed by atoms with van der Waals surface area (Å²) < 4.78 is 5.39. The lowest BCUT2D eigenvalue weighted by Crippen LogP contribution is -2.09. The van der Waals surface area contributed by atoms with Crippen LogP contribution >= 0.6 is 0 Å². The number of benzene rings is 1. The first-order valence-corrected chi connectivity index (χ1v) is 4.69. The lowest BCUT2D eigenvalue weighted by Gasteiger charge is -2.08. The Balaban J connectivity index is 2.25. The summed E-state index contributed by atoms with van der Waals surface area (Å²) in [6.45, 7) is 0.756. The van der Waals surface area contributed by atoms with Gasteiger partial charge in [-0.25, -0.2) is 0 Å². The zero-order chi connectivity index (χ0) is 9.97. The molecule has 0 fully saturated rings. The summed E-state index contributed by atoms with van der Waals surface area (Å²) in [4.78, 5) is 0. The Morgan fingerprint density at radius 1 is 1.57 bits per heavy atom. The molecule has 1 atom stereocenters. The van der Waals surface area contributed by atoms with Gasteiger partial charge in [0.25, 0.3) is 0 Å². The fraction of sp³-hybridized carbons (Fsp3) is 0.364. The van der Waals surface area contributed by atoms with Crippen molar-refractivity contribution < 1.29 is 4.74 Å². The summed E-state index contributed by atoms with van der Waals surface area (Å²) in [6, 6.07) is 7.82. The number of rotatable bonds is 2. The average Bonchev–Trinajstić information content (AvgIpc) is 2.64. The number of nitrogens with zero attached hydrogens (tertiary/aromatic N) is 1. The van der Waals surface area contributed by atoms with Crippen molar-refractivity contribution in [2.24, 2.45) is 5.73 Å². The minimum absolute atomic E-state index is 0.175. The second-order valence-electron chi connectivity index (χ2n) is 3.43. The van der Waals surface area contributed by atoms with E-state index >= 15 is 0 Å². The van der Waals surface area contributed by atoms with Crippen LogP contribution in [-0.4, -0.2) is 6.61 Å². The molecule has 1 aliphatic rings. The normalized spacial score (nSPS) is 15.4. The number of hydrogen-bond donors (Lipinski definition) is 1. The molecule has 0 aromatic heterocycles. The molecule has 1 aromatic carbocycles. The third kappa shape index (κ3) is 1.57. The molecule has 0 saturated heterocycles. The minimum Gasteiger partial charge on any atom is -0.493 e. The van der Waals surface area contributed by atoms with Crippen molar-refractivity contribution in [1.82, 2.24) is 0 Å². The van der Waals surface area contributed by atoms with Gasteiger partial charge in [0.1, 0.15) is 5.75 Å². The lowest BCUT2D eigenvalue weighted by atomic mass is 10.0. The van der Waals surface area contributed by atoms with Crippen LogP contribution in [0.1, 0.15) is 23.6 Å². The molecule has 1 aromatic rings. The van der Waals surface area contributed by atoms with Crippen molar-refractivity contribution >= 4 is 0 Å². The third-order valence-electron chi connectivity index (χ3n) is 2.45. The SMILES string of the molecule is N#CC[C@H](N)c1ccc2c(c1)CCO2. The standard InChI is InChI=1S/C11H12N2O/c12-5-3-10(13)8-1-2-11-9(7-8)4-6-14-11/h1-2,7,10H,3-4,6,13H2/t10-/m0/s1. The molecule has 0 bridgehead atoms. The molecule has 0 saturated carbocycles. The van der Waals surface area contributed by atoms with Crippen LogP contribution in [0.3, 0.4) is 0 Å². The first-order chi connectivity index (χ1) is 6.81. The average molecular weight is 188 g/mol. The zero-order valence-electron chi connectivity index (χ0n) is 7.86. The molecule has 0 amide bonds. The van der Waals surface area contributed by atoms with Gasteiger partial charge in [-0.05, 0) is 17.2 Å². The molecule has 2 rings (SSSR count). The van der Waals surface area contributed by atoms with Gasteiger partial charge in [0.15, 0.2) is 0 Å². The Hall–Kier alpha value is -1.53. The maximum Gasteiger partial charge on any atom is 0.122 e. The summed E-state index contributed by atoms with van der Waals surface area (Å²) in [7, 11) is 0. The highest BCUT2D eigenvalue weighted by atomic mass is 16.5. The van der Waals surface area contributed by atoms with Gasteiger partial charge in [-0.2, -0.15) is 5.26 Å². The van der Waals surface area contributed by atoms with Crippen LogP contribution in [0.4, 0.5) is 0 Å². The second kappa shape index (κ2) is 3.69. The molecule has 0 radical (unpaired) electrons. The summed E-state index contributed by atoms with van der Waals surface area (Å²) >= 11 is 0. The van der Waals surface area contributed by atoms with Gasteiger partial charge in [-0.15, -0.1) is 0 Å². The Bertz CT molecular complexity index is 381. The Morgan fingerprint density at radius 2 is 2.43 bits per heavy atom. The van der Waals surface area contributed by atoms with Gasteiger partial charge in [0.2, 0.25) is 0 Å². The highest BCUT2D eigenvalue weighted by Crippen LogP contribution is 2.28. The van der Waals surface area contributed by atoms with Crippen LogP contribution in [0, 0.1) is 11.3 Å². The Morgan fingerprint density at radius 3 is 3.21 bits per heavy atom. The molecule has 14 heavy (non-hydrogen) atoms. The summed E-state index contributed by atoms with van der Waals surface area (Å²) in [6.07, 6.45) is 1.31. The first-order valence-electron chi connectivity index (χ1n) is 4.69. The van der Waals surface area contributed by atoms with Gasteiger partial charge in [-0.3, -0.25) is 0 Å². The van der Waals surface area contributed by atoms with Gasteiger partial charge >= 0.3 is 0 Å². The smallest absolute Gasteiger partial charge is 0.122 e. The van der Waals surface area contributed by atoms with Crippen LogP contribution in [-0.2, 0) is 6.42 Å². The molecule has 1 aliphatic heterocycles. The van der Waals surface area contributed by atoms with Crippen LogP contribution in [0.25, 0.3) is 0 Å². The van der Waals surface area contributed by atoms with Gasteiger partial charge < -0.3 is 10.5 Å². The Kier molecular flexibility index (Phi) is 2.38. The van der Waals surface area contributed by atoms with E-state index in [1.165, 1.54) is 5.56 Å². The fourth-order valence-electron chi connectivity index (χ4n) is 1.65. The number of fused-ring (bicyclic) bond motifs is 1. The number of nitrogens with two attached hydrogens (primary N) is 1. The maximum atomic E-state index is 8.54. The highest BCUT2D eigenvalue weighted by molar-refractivity contribution is 5.40. The van der Waals surface area contributed by atoms with E-state index < -0.39 is 0 Å². The first kappa shape index (κ1) is 9.04. The van der Waals surface area contributed by atoms with Crippen LogP contribution in [0.5, 0.6) is 5.75 Å². The molecular weight excluding hydrogens is 176 g/mol. The molecule has 2 N–H and O–H groups in total. The fourth-order valence-corrected chi connectivity index (χ4v) is 1.65. The molecule has 3 heteroatoms. The van der Waals surface area contributed by atoms with Crippen molar-refractivity contribution in [3.8, 4) is 11.8 Å². The van der Waals surface area contributed by atoms with E-state index in [0.717, 1.165) is 24.3 Å². The molecule has 72 valence electrons.